The Hall–Kier alpha value is -2.62. The van der Waals surface area contributed by atoms with Gasteiger partial charge in [0, 0.05) is 20.3 Å². The third-order valence-corrected chi connectivity index (χ3v) is 3.78. The Kier molecular flexibility index (Phi) is 3.52. The number of fused-ring (bicyclic) bond motifs is 1. The Morgan fingerprint density at radius 2 is 1.88 bits per heavy atom. The van der Waals surface area contributed by atoms with Crippen molar-refractivity contribution in [3.8, 4) is 11.5 Å². The molecule has 0 aliphatic heterocycles. The molecule has 0 unspecified atom stereocenters. The molecule has 3 aromatic rings. The minimum Gasteiger partial charge on any atom is -0.331 e. The molecule has 24 heavy (non-hydrogen) atoms. The first-order valence-corrected chi connectivity index (χ1v) is 6.88. The van der Waals surface area contributed by atoms with Crippen LogP contribution in [0.3, 0.4) is 0 Å². The minimum atomic E-state index is -4.58. The van der Waals surface area contributed by atoms with Crippen molar-refractivity contribution in [2.24, 2.45) is 14.1 Å². The molecule has 0 aliphatic rings. The number of rotatable bonds is 1. The highest BCUT2D eigenvalue weighted by molar-refractivity contribution is 6.33. The molecule has 0 radical (unpaired) electrons. The number of nitrogens with one attached hydrogen (secondary N) is 1. The van der Waals surface area contributed by atoms with Gasteiger partial charge in [-0.1, -0.05) is 11.6 Å². The molecule has 126 valence electrons. The molecule has 0 saturated heterocycles. The predicted molar refractivity (Wildman–Crippen MR) is 79.8 cm³/mol. The zero-order valence-electron chi connectivity index (χ0n) is 12.3. The van der Waals surface area contributed by atoms with Crippen molar-refractivity contribution in [1.82, 2.24) is 24.1 Å². The summed E-state index contributed by atoms with van der Waals surface area (Å²) >= 11 is 5.87. The van der Waals surface area contributed by atoms with E-state index in [4.69, 9.17) is 11.6 Å². The van der Waals surface area contributed by atoms with Crippen molar-refractivity contribution in [2.75, 3.05) is 0 Å². The van der Waals surface area contributed by atoms with E-state index >= 15 is 0 Å². The number of halogens is 4. The molecule has 0 saturated carbocycles. The monoisotopic (exact) mass is 359 g/mol. The van der Waals surface area contributed by atoms with E-state index < -0.39 is 23.0 Å². The second-order valence-electron chi connectivity index (χ2n) is 5.04. The highest BCUT2D eigenvalue weighted by Crippen LogP contribution is 2.33. The Labute approximate surface area is 136 Å². The summed E-state index contributed by atoms with van der Waals surface area (Å²) < 4.78 is 40.0. The lowest BCUT2D eigenvalue weighted by Crippen LogP contribution is -2.36. The highest BCUT2D eigenvalue weighted by Gasteiger charge is 2.32. The molecular formula is C13H9ClF3N5O2. The number of hydrogen-bond acceptors (Lipinski definition) is 4. The fourth-order valence-corrected chi connectivity index (χ4v) is 2.46. The molecular weight excluding hydrogens is 351 g/mol. The van der Waals surface area contributed by atoms with Crippen molar-refractivity contribution in [3.05, 3.63) is 43.7 Å². The third-order valence-electron chi connectivity index (χ3n) is 3.49. The van der Waals surface area contributed by atoms with Gasteiger partial charge in [0.05, 0.1) is 10.6 Å². The molecule has 0 aromatic carbocycles. The average molecular weight is 360 g/mol. The molecule has 0 atom stereocenters. The molecule has 3 heterocycles. The first kappa shape index (κ1) is 16.2. The fraction of sp³-hybridized carbons (Fsp3) is 0.231. The quantitative estimate of drug-likeness (QED) is 0.716. The van der Waals surface area contributed by atoms with Gasteiger partial charge >= 0.3 is 11.9 Å². The van der Waals surface area contributed by atoms with Gasteiger partial charge in [0.2, 0.25) is 0 Å². The number of imidazole rings is 1. The maximum atomic E-state index is 12.7. The second-order valence-corrected chi connectivity index (χ2v) is 5.45. The van der Waals surface area contributed by atoms with E-state index in [0.717, 1.165) is 9.13 Å². The summed E-state index contributed by atoms with van der Waals surface area (Å²) in [6.07, 6.45) is -3.96. The number of alkyl halides is 3. The van der Waals surface area contributed by atoms with Crippen molar-refractivity contribution in [2.45, 2.75) is 6.18 Å². The molecule has 3 aromatic heterocycles. The second kappa shape index (κ2) is 5.20. The molecule has 3 rings (SSSR count). The van der Waals surface area contributed by atoms with Crippen LogP contribution in [0.15, 0.2) is 21.9 Å². The largest absolute Gasteiger partial charge is 0.417 e. The summed E-state index contributed by atoms with van der Waals surface area (Å²) in [5.74, 6) is -0.0120. The van der Waals surface area contributed by atoms with Crippen LogP contribution in [0.1, 0.15) is 5.56 Å². The van der Waals surface area contributed by atoms with E-state index in [2.05, 4.69) is 15.0 Å². The number of aryl methyl sites for hydroxylation is 1. The Bertz CT molecular complexity index is 1080. The van der Waals surface area contributed by atoms with E-state index in [1.807, 2.05) is 0 Å². The molecule has 1 N–H and O–H groups in total. The maximum absolute atomic E-state index is 12.7. The van der Waals surface area contributed by atoms with E-state index in [0.29, 0.717) is 12.3 Å². The lowest BCUT2D eigenvalue weighted by atomic mass is 10.2. The van der Waals surface area contributed by atoms with Crippen LogP contribution in [0, 0.1) is 0 Å². The normalized spacial score (nSPS) is 12.1. The average Bonchev–Trinajstić information content (AvgIpc) is 2.95. The van der Waals surface area contributed by atoms with Crippen LogP contribution < -0.4 is 11.2 Å². The molecule has 0 spiro atoms. The molecule has 7 nitrogen and oxygen atoms in total. The fourth-order valence-electron chi connectivity index (χ4n) is 2.21. The summed E-state index contributed by atoms with van der Waals surface area (Å²) in [6.45, 7) is 0. The van der Waals surface area contributed by atoms with Gasteiger partial charge in [-0.3, -0.25) is 18.9 Å². The highest BCUT2D eigenvalue weighted by atomic mass is 35.5. The number of aromatic amines is 1. The van der Waals surface area contributed by atoms with E-state index in [9.17, 15) is 22.8 Å². The van der Waals surface area contributed by atoms with Gasteiger partial charge in [0.1, 0.15) is 11.2 Å². The SMILES string of the molecule is Cn1c(=O)c2[nH]c(-c3ncc(C(F)(F)F)cc3Cl)nc2n(C)c1=O. The van der Waals surface area contributed by atoms with Crippen LogP contribution in [-0.2, 0) is 20.3 Å². The van der Waals surface area contributed by atoms with Crippen LogP contribution in [0.5, 0.6) is 0 Å². The van der Waals surface area contributed by atoms with Gasteiger partial charge in [-0.15, -0.1) is 0 Å². The number of nitrogens with zero attached hydrogens (tertiary/aromatic N) is 4. The lowest BCUT2D eigenvalue weighted by molar-refractivity contribution is -0.137. The van der Waals surface area contributed by atoms with E-state index in [1.165, 1.54) is 14.1 Å². The Balaban J connectivity index is 2.25. The van der Waals surface area contributed by atoms with Crippen molar-refractivity contribution < 1.29 is 13.2 Å². The van der Waals surface area contributed by atoms with E-state index in [-0.39, 0.29) is 27.7 Å². The van der Waals surface area contributed by atoms with Crippen LogP contribution in [-0.4, -0.2) is 24.1 Å². The zero-order chi connectivity index (χ0) is 17.8. The predicted octanol–water partition coefficient (Wildman–Crippen LogP) is 1.69. The summed E-state index contributed by atoms with van der Waals surface area (Å²) in [5, 5.41) is -0.286. The smallest absolute Gasteiger partial charge is 0.331 e. The molecule has 0 aliphatic carbocycles. The zero-order valence-corrected chi connectivity index (χ0v) is 13.0. The topological polar surface area (TPSA) is 85.6 Å². The number of hydrogen-bond donors (Lipinski definition) is 1. The number of aromatic nitrogens is 5. The van der Waals surface area contributed by atoms with Crippen LogP contribution >= 0.6 is 11.6 Å². The number of H-pyrrole nitrogens is 1. The molecule has 11 heteroatoms. The van der Waals surface area contributed by atoms with Crippen molar-refractivity contribution >= 4 is 22.8 Å². The standard InChI is InChI=1S/C13H9ClF3N5O2/c1-21-10-8(11(23)22(2)12(21)24)19-9(20-10)7-6(14)3-5(4-18-7)13(15,16)17/h3-4H,1-2H3,(H,19,20). The van der Waals surface area contributed by atoms with Gasteiger partial charge in [-0.2, -0.15) is 13.2 Å². The van der Waals surface area contributed by atoms with Gasteiger partial charge in [-0.25, -0.2) is 9.78 Å². The van der Waals surface area contributed by atoms with Gasteiger partial charge < -0.3 is 4.98 Å². The van der Waals surface area contributed by atoms with Gasteiger partial charge in [0.15, 0.2) is 11.5 Å². The maximum Gasteiger partial charge on any atom is 0.417 e. The van der Waals surface area contributed by atoms with Crippen LogP contribution in [0.25, 0.3) is 22.7 Å². The van der Waals surface area contributed by atoms with Crippen LogP contribution in [0.2, 0.25) is 5.02 Å². The lowest BCUT2D eigenvalue weighted by Gasteiger charge is -2.07. The van der Waals surface area contributed by atoms with Crippen molar-refractivity contribution in [1.29, 1.82) is 0 Å². The molecule has 0 amide bonds. The first-order valence-electron chi connectivity index (χ1n) is 6.50. The van der Waals surface area contributed by atoms with Crippen LogP contribution in [0.4, 0.5) is 13.2 Å². The van der Waals surface area contributed by atoms with Crippen molar-refractivity contribution in [3.63, 3.8) is 0 Å². The summed E-state index contributed by atoms with van der Waals surface area (Å²) in [6, 6.07) is 0.716. The van der Waals surface area contributed by atoms with Gasteiger partial charge in [0.25, 0.3) is 5.56 Å². The minimum absolute atomic E-state index is 0.0120. The molecule has 0 bridgehead atoms. The Morgan fingerprint density at radius 3 is 2.46 bits per heavy atom. The molecule has 0 fully saturated rings. The summed E-state index contributed by atoms with van der Waals surface area (Å²) in [5.41, 5.74) is -2.19. The first-order chi connectivity index (χ1) is 11.1. The number of pyridine rings is 1. The van der Waals surface area contributed by atoms with Gasteiger partial charge in [-0.05, 0) is 6.07 Å². The Morgan fingerprint density at radius 1 is 1.21 bits per heavy atom. The summed E-state index contributed by atoms with van der Waals surface area (Å²) in [4.78, 5) is 34.4. The van der Waals surface area contributed by atoms with E-state index in [1.54, 1.807) is 0 Å². The third kappa shape index (κ3) is 2.39. The summed E-state index contributed by atoms with van der Waals surface area (Å²) in [7, 11) is 2.71.